The highest BCUT2D eigenvalue weighted by Gasteiger charge is 2.66. The molecule has 1 N–H and O–H groups in total. The number of carbonyl (C=O) groups excluding carboxylic acids is 2. The predicted molar refractivity (Wildman–Crippen MR) is 97.5 cm³/mol. The number of alkyl halides is 5. The summed E-state index contributed by atoms with van der Waals surface area (Å²) < 4.78 is 102. The minimum absolute atomic E-state index is 0.0435. The lowest BCUT2D eigenvalue weighted by Gasteiger charge is -2.25. The van der Waals surface area contributed by atoms with Crippen LogP contribution in [0.5, 0.6) is 0 Å². The average Bonchev–Trinajstić information content (AvgIpc) is 2.66. The summed E-state index contributed by atoms with van der Waals surface area (Å²) in [5.41, 5.74) is 0.750. The van der Waals surface area contributed by atoms with Crippen molar-refractivity contribution in [2.45, 2.75) is 36.5 Å². The summed E-state index contributed by atoms with van der Waals surface area (Å²) in [6.07, 6.45) is -11.0. The van der Waals surface area contributed by atoms with Gasteiger partial charge in [-0.3, -0.25) is 4.55 Å². The van der Waals surface area contributed by atoms with Crippen molar-refractivity contribution in [2.24, 2.45) is 0 Å². The Morgan fingerprint density at radius 3 is 2.03 bits per heavy atom. The van der Waals surface area contributed by atoms with Gasteiger partial charge in [0.1, 0.15) is 0 Å². The van der Waals surface area contributed by atoms with Gasteiger partial charge in [0.05, 0.1) is 29.1 Å². The van der Waals surface area contributed by atoms with Crippen molar-refractivity contribution in [3.05, 3.63) is 34.4 Å². The molecule has 0 bridgehead atoms. The Balaban J connectivity index is 3.06. The number of benzene rings is 1. The standard InChI is InChI=1S/C15H12B3F5O7S/c16-3-7-1-8(4-17)10(5-18)9(2-7)12(25)29-6-11(24)30-13(14(19,20)21)15(22,23)31(26,27)28/h1-2,13H,3-6H2,(H,26,27,28). The van der Waals surface area contributed by atoms with Crippen LogP contribution in [0.15, 0.2) is 12.1 Å². The molecule has 16 heteroatoms. The van der Waals surface area contributed by atoms with Gasteiger partial charge in [0.15, 0.2) is 6.61 Å². The monoisotopic (exact) mass is 464 g/mol. The maximum atomic E-state index is 13.4. The number of hydrogen-bond acceptors (Lipinski definition) is 6. The molecular formula is C15H12B3F5O7S. The van der Waals surface area contributed by atoms with Gasteiger partial charge in [-0.2, -0.15) is 30.4 Å². The van der Waals surface area contributed by atoms with Crippen LogP contribution in [0.3, 0.4) is 0 Å². The quantitative estimate of drug-likeness (QED) is 0.250. The van der Waals surface area contributed by atoms with Crippen LogP contribution < -0.4 is 0 Å². The smallest absolute Gasteiger partial charge is 0.432 e. The first-order valence-corrected chi connectivity index (χ1v) is 9.57. The van der Waals surface area contributed by atoms with Gasteiger partial charge in [0, 0.05) is 0 Å². The highest BCUT2D eigenvalue weighted by atomic mass is 32.2. The molecule has 0 fully saturated rings. The van der Waals surface area contributed by atoms with Crippen LogP contribution in [0.4, 0.5) is 22.0 Å². The highest BCUT2D eigenvalue weighted by molar-refractivity contribution is 7.86. The molecule has 0 aliphatic heterocycles. The van der Waals surface area contributed by atoms with E-state index in [-0.39, 0.29) is 30.1 Å². The second-order valence-corrected chi connectivity index (χ2v) is 7.41. The Morgan fingerprint density at radius 1 is 1.03 bits per heavy atom. The molecule has 0 saturated carbocycles. The summed E-state index contributed by atoms with van der Waals surface area (Å²) in [5.74, 6) is -3.45. The summed E-state index contributed by atoms with van der Waals surface area (Å²) in [6.45, 7) is -1.60. The van der Waals surface area contributed by atoms with Crippen LogP contribution in [0.25, 0.3) is 0 Å². The van der Waals surface area contributed by atoms with Crippen molar-refractivity contribution < 1.29 is 54.0 Å². The van der Waals surface area contributed by atoms with Gasteiger partial charge in [-0.25, -0.2) is 9.59 Å². The molecule has 0 aromatic heterocycles. The van der Waals surface area contributed by atoms with E-state index in [2.05, 4.69) is 9.47 Å². The molecule has 164 valence electrons. The van der Waals surface area contributed by atoms with Crippen LogP contribution in [0.2, 0.25) is 0 Å². The Bertz CT molecular complexity index is 938. The van der Waals surface area contributed by atoms with Crippen LogP contribution in [0.1, 0.15) is 27.0 Å². The zero-order valence-corrected chi connectivity index (χ0v) is 16.3. The van der Waals surface area contributed by atoms with E-state index in [0.717, 1.165) is 0 Å². The second-order valence-electron chi connectivity index (χ2n) is 5.92. The zero-order valence-electron chi connectivity index (χ0n) is 15.5. The maximum Gasteiger partial charge on any atom is 0.432 e. The maximum absolute atomic E-state index is 13.4. The average molecular weight is 464 g/mol. The fraction of sp³-hybridized carbons (Fsp3) is 0.467. The van der Waals surface area contributed by atoms with E-state index in [4.69, 9.17) is 28.1 Å². The molecule has 7 nitrogen and oxygen atoms in total. The minimum atomic E-state index is -6.60. The largest absolute Gasteiger partial charge is 0.450 e. The lowest BCUT2D eigenvalue weighted by Crippen LogP contribution is -2.52. The molecule has 1 rings (SSSR count). The number of rotatable bonds is 9. The Morgan fingerprint density at radius 2 is 1.61 bits per heavy atom. The van der Waals surface area contributed by atoms with Crippen molar-refractivity contribution in [2.75, 3.05) is 6.61 Å². The van der Waals surface area contributed by atoms with Gasteiger partial charge >= 0.3 is 33.5 Å². The van der Waals surface area contributed by atoms with Crippen LogP contribution in [0, 0.1) is 0 Å². The lowest BCUT2D eigenvalue weighted by molar-refractivity contribution is -0.259. The molecule has 1 aromatic rings. The zero-order chi connectivity index (χ0) is 24.2. The highest BCUT2D eigenvalue weighted by Crippen LogP contribution is 2.38. The van der Waals surface area contributed by atoms with Gasteiger partial charge in [-0.15, -0.1) is 0 Å². The summed E-state index contributed by atoms with van der Waals surface area (Å²) in [5, 5.41) is -5.91. The van der Waals surface area contributed by atoms with Gasteiger partial charge in [-0.05, 0) is 11.6 Å². The molecule has 1 atom stereocenters. The number of hydrogen-bond donors (Lipinski definition) is 1. The Labute approximate surface area is 177 Å². The van der Waals surface area contributed by atoms with Crippen LogP contribution in [-0.2, 0) is 43.3 Å². The number of halogens is 5. The normalized spacial score (nSPS) is 13.5. The van der Waals surface area contributed by atoms with Gasteiger partial charge in [-0.1, -0.05) is 36.2 Å². The molecular weight excluding hydrogens is 452 g/mol. The molecule has 0 aliphatic rings. The molecule has 31 heavy (non-hydrogen) atoms. The molecule has 1 unspecified atom stereocenters. The Kier molecular flexibility index (Phi) is 8.71. The topological polar surface area (TPSA) is 107 Å². The van der Waals surface area contributed by atoms with E-state index in [9.17, 15) is 40.0 Å². The number of esters is 2. The molecule has 0 amide bonds. The van der Waals surface area contributed by atoms with Crippen molar-refractivity contribution in [3.8, 4) is 0 Å². The summed E-state index contributed by atoms with van der Waals surface area (Å²) in [7, 11) is 9.96. The van der Waals surface area contributed by atoms with Crippen LogP contribution >= 0.6 is 0 Å². The lowest BCUT2D eigenvalue weighted by atomic mass is 9.81. The van der Waals surface area contributed by atoms with Crippen LogP contribution in [-0.4, -0.2) is 72.6 Å². The van der Waals surface area contributed by atoms with E-state index in [1.54, 1.807) is 6.07 Å². The third-order valence-electron chi connectivity index (χ3n) is 3.80. The van der Waals surface area contributed by atoms with E-state index in [0.29, 0.717) is 11.1 Å². The van der Waals surface area contributed by atoms with E-state index in [1.165, 1.54) is 6.07 Å². The Hall–Kier alpha value is -2.09. The third-order valence-corrected chi connectivity index (χ3v) is 4.70. The molecule has 1 aromatic carbocycles. The first-order valence-electron chi connectivity index (χ1n) is 8.13. The van der Waals surface area contributed by atoms with E-state index < -0.39 is 46.2 Å². The van der Waals surface area contributed by atoms with Crippen molar-refractivity contribution in [1.29, 1.82) is 0 Å². The second kappa shape index (κ2) is 10.0. The van der Waals surface area contributed by atoms with E-state index in [1.807, 2.05) is 0 Å². The number of ether oxygens (including phenoxy) is 2. The SMILES string of the molecule is [B]Cc1cc(C[B])c(C[B])c(C(=O)OCC(=O)OC(C(F)(F)F)C(F)(F)S(=O)(=O)O)c1. The van der Waals surface area contributed by atoms with Gasteiger partial charge in [0.2, 0.25) is 0 Å². The summed E-state index contributed by atoms with van der Waals surface area (Å²) >= 11 is 0. The molecule has 0 aliphatic carbocycles. The molecule has 6 radical (unpaired) electrons. The fourth-order valence-corrected chi connectivity index (χ4v) is 2.80. The third kappa shape index (κ3) is 6.45. The van der Waals surface area contributed by atoms with E-state index >= 15 is 0 Å². The fourth-order valence-electron chi connectivity index (χ4n) is 2.35. The minimum Gasteiger partial charge on any atom is -0.450 e. The van der Waals surface area contributed by atoms with Crippen molar-refractivity contribution >= 4 is 45.6 Å². The first-order chi connectivity index (χ1) is 14.1. The summed E-state index contributed by atoms with van der Waals surface area (Å²) in [6, 6.07) is 2.76. The van der Waals surface area contributed by atoms with Gasteiger partial charge < -0.3 is 9.47 Å². The molecule has 0 saturated heterocycles. The molecule has 0 spiro atoms. The van der Waals surface area contributed by atoms with Gasteiger partial charge in [0.25, 0.3) is 6.10 Å². The van der Waals surface area contributed by atoms with Crippen molar-refractivity contribution in [1.82, 2.24) is 0 Å². The summed E-state index contributed by atoms with van der Waals surface area (Å²) in [4.78, 5) is 23.8. The van der Waals surface area contributed by atoms with Crippen molar-refractivity contribution in [3.63, 3.8) is 0 Å². The number of carbonyl (C=O) groups is 2. The molecule has 0 heterocycles. The predicted octanol–water partition coefficient (Wildman–Crippen LogP) is 0.804. The first kappa shape index (κ1) is 26.9.